The Balaban J connectivity index is 3.13. The molecule has 0 spiro atoms. The summed E-state index contributed by atoms with van der Waals surface area (Å²) in [5, 5.41) is 2.84. The number of benzene rings is 1. The molecule has 0 fully saturated rings. The van der Waals surface area contributed by atoms with Crippen molar-refractivity contribution in [2.45, 2.75) is 31.3 Å². The summed E-state index contributed by atoms with van der Waals surface area (Å²) in [6.45, 7) is 5.51. The van der Waals surface area contributed by atoms with Crippen LogP contribution in [-0.2, 0) is 13.8 Å². The summed E-state index contributed by atoms with van der Waals surface area (Å²) in [5.41, 5.74) is 0.103. The molecular formula is C13H17Cl2NO4S. The summed E-state index contributed by atoms with van der Waals surface area (Å²) in [4.78, 5) is 12.0. The molecule has 0 saturated heterocycles. The molecule has 8 heteroatoms. The number of methoxy groups -OCH3 is 1. The third-order valence-electron chi connectivity index (χ3n) is 3.07. The van der Waals surface area contributed by atoms with E-state index in [1.54, 1.807) is 6.92 Å². The summed E-state index contributed by atoms with van der Waals surface area (Å²) in [6, 6.07) is 2.42. The van der Waals surface area contributed by atoms with E-state index >= 15 is 0 Å². The summed E-state index contributed by atoms with van der Waals surface area (Å²) < 4.78 is 28.0. The summed E-state index contributed by atoms with van der Waals surface area (Å²) in [5.74, 6) is -0.443. The summed E-state index contributed by atoms with van der Waals surface area (Å²) >= 11 is 5.96. The van der Waals surface area contributed by atoms with Crippen molar-refractivity contribution in [1.82, 2.24) is 5.32 Å². The van der Waals surface area contributed by atoms with Gasteiger partial charge in [0, 0.05) is 34.9 Å². The quantitative estimate of drug-likeness (QED) is 0.826. The van der Waals surface area contributed by atoms with Crippen LogP contribution in [0.4, 0.5) is 0 Å². The van der Waals surface area contributed by atoms with Gasteiger partial charge in [0.15, 0.2) is 0 Å². The van der Waals surface area contributed by atoms with Crippen molar-refractivity contribution in [2.75, 3.05) is 13.7 Å². The highest BCUT2D eigenvalue weighted by Crippen LogP contribution is 2.26. The van der Waals surface area contributed by atoms with Crippen molar-refractivity contribution in [3.05, 3.63) is 28.3 Å². The fourth-order valence-electron chi connectivity index (χ4n) is 1.49. The zero-order valence-corrected chi connectivity index (χ0v) is 14.5. The first kappa shape index (κ1) is 18.2. The number of carbonyl (C=O) groups excluding carboxylic acids is 1. The second-order valence-corrected chi connectivity index (χ2v) is 8.14. The van der Waals surface area contributed by atoms with Crippen LogP contribution in [0.3, 0.4) is 0 Å². The normalized spacial score (nSPS) is 12.3. The number of carbonyl (C=O) groups is 1. The van der Waals surface area contributed by atoms with Crippen LogP contribution in [0.5, 0.6) is 0 Å². The van der Waals surface area contributed by atoms with E-state index in [9.17, 15) is 13.2 Å². The lowest BCUT2D eigenvalue weighted by molar-refractivity contribution is 0.0228. The fraction of sp³-hybridized carbons (Fsp3) is 0.462. The molecule has 0 radical (unpaired) electrons. The fourth-order valence-corrected chi connectivity index (χ4v) is 2.56. The lowest BCUT2D eigenvalue weighted by Gasteiger charge is -2.23. The van der Waals surface area contributed by atoms with Gasteiger partial charge in [-0.05, 0) is 38.5 Å². The SMILES string of the molecule is COC(C)(C)CNC(=O)c1cc(S(=O)(=O)Cl)cc(Cl)c1C. The Bertz CT molecular complexity index is 656. The van der Waals surface area contributed by atoms with Gasteiger partial charge in [-0.3, -0.25) is 4.79 Å². The zero-order valence-electron chi connectivity index (χ0n) is 12.2. The highest BCUT2D eigenvalue weighted by atomic mass is 35.7. The summed E-state index contributed by atoms with van der Waals surface area (Å²) in [6.07, 6.45) is 0. The molecule has 5 nitrogen and oxygen atoms in total. The molecule has 1 aromatic carbocycles. The van der Waals surface area contributed by atoms with Gasteiger partial charge in [0.05, 0.1) is 10.5 Å². The van der Waals surface area contributed by atoms with Crippen molar-refractivity contribution in [2.24, 2.45) is 0 Å². The molecule has 0 bridgehead atoms. The minimum Gasteiger partial charge on any atom is -0.377 e. The van der Waals surface area contributed by atoms with E-state index in [0.29, 0.717) is 5.56 Å². The van der Waals surface area contributed by atoms with Crippen LogP contribution < -0.4 is 5.32 Å². The van der Waals surface area contributed by atoms with E-state index in [0.717, 1.165) is 0 Å². The molecule has 0 heterocycles. The van der Waals surface area contributed by atoms with Crippen molar-refractivity contribution in [3.63, 3.8) is 0 Å². The second kappa shape index (κ2) is 6.52. The Morgan fingerprint density at radius 3 is 2.43 bits per heavy atom. The van der Waals surface area contributed by atoms with Crippen molar-refractivity contribution >= 4 is 37.2 Å². The zero-order chi connectivity index (χ0) is 16.4. The maximum absolute atomic E-state index is 12.2. The third-order valence-corrected chi connectivity index (χ3v) is 4.80. The molecular weight excluding hydrogens is 337 g/mol. The van der Waals surface area contributed by atoms with Gasteiger partial charge in [0.2, 0.25) is 0 Å². The van der Waals surface area contributed by atoms with E-state index in [4.69, 9.17) is 27.0 Å². The Kier molecular flexibility index (Phi) is 5.66. The van der Waals surface area contributed by atoms with Crippen molar-refractivity contribution in [1.29, 1.82) is 0 Å². The first-order valence-electron chi connectivity index (χ1n) is 6.06. The number of rotatable bonds is 5. The number of hydrogen-bond acceptors (Lipinski definition) is 4. The van der Waals surface area contributed by atoms with Gasteiger partial charge in [0.1, 0.15) is 0 Å². The predicted molar refractivity (Wildman–Crippen MR) is 82.6 cm³/mol. The Morgan fingerprint density at radius 2 is 1.95 bits per heavy atom. The number of hydrogen-bond donors (Lipinski definition) is 1. The van der Waals surface area contributed by atoms with E-state index in [1.807, 2.05) is 13.8 Å². The van der Waals surface area contributed by atoms with Crippen LogP contribution >= 0.6 is 22.3 Å². The molecule has 0 aliphatic carbocycles. The first-order valence-corrected chi connectivity index (χ1v) is 8.75. The standard InChI is InChI=1S/C13H17Cl2NO4S/c1-8-10(12(17)16-7-13(2,3)20-4)5-9(6-11(8)14)21(15,18)19/h5-6H,7H2,1-4H3,(H,16,17). The highest BCUT2D eigenvalue weighted by Gasteiger charge is 2.21. The Hall–Kier alpha value is -0.820. The van der Waals surface area contributed by atoms with Gasteiger partial charge in [0.25, 0.3) is 15.0 Å². The third kappa shape index (κ3) is 4.85. The van der Waals surface area contributed by atoms with E-state index in [1.165, 1.54) is 19.2 Å². The molecule has 21 heavy (non-hydrogen) atoms. The number of ether oxygens (including phenoxy) is 1. The largest absolute Gasteiger partial charge is 0.377 e. The molecule has 1 rings (SSSR count). The molecule has 0 aromatic heterocycles. The highest BCUT2D eigenvalue weighted by molar-refractivity contribution is 8.13. The molecule has 0 atom stereocenters. The minimum atomic E-state index is -3.96. The molecule has 118 valence electrons. The Labute approximate surface area is 134 Å². The van der Waals surface area contributed by atoms with Crippen LogP contribution in [0.25, 0.3) is 0 Å². The predicted octanol–water partition coefficient (Wildman–Crippen LogP) is 2.73. The topological polar surface area (TPSA) is 72.5 Å². The molecule has 0 aliphatic heterocycles. The number of halogens is 2. The van der Waals surface area contributed by atoms with Gasteiger partial charge >= 0.3 is 0 Å². The molecule has 1 aromatic rings. The first-order chi connectivity index (χ1) is 9.48. The Morgan fingerprint density at radius 1 is 1.38 bits per heavy atom. The van der Waals surface area contributed by atoms with Crippen LogP contribution in [0.15, 0.2) is 17.0 Å². The average Bonchev–Trinajstić information content (AvgIpc) is 2.38. The van der Waals surface area contributed by atoms with Crippen LogP contribution in [0.1, 0.15) is 29.8 Å². The molecule has 0 aliphatic rings. The van der Waals surface area contributed by atoms with Gasteiger partial charge < -0.3 is 10.1 Å². The molecule has 0 unspecified atom stereocenters. The summed E-state index contributed by atoms with van der Waals surface area (Å²) in [7, 11) is 2.87. The van der Waals surface area contributed by atoms with Gasteiger partial charge in [-0.15, -0.1) is 0 Å². The smallest absolute Gasteiger partial charge is 0.261 e. The average molecular weight is 354 g/mol. The maximum atomic E-state index is 12.2. The lowest BCUT2D eigenvalue weighted by Crippen LogP contribution is -2.40. The van der Waals surface area contributed by atoms with Gasteiger partial charge in [-0.25, -0.2) is 8.42 Å². The lowest BCUT2D eigenvalue weighted by atomic mass is 10.1. The van der Waals surface area contributed by atoms with Crippen molar-refractivity contribution < 1.29 is 17.9 Å². The van der Waals surface area contributed by atoms with Gasteiger partial charge in [-0.1, -0.05) is 11.6 Å². The van der Waals surface area contributed by atoms with Crippen LogP contribution in [0.2, 0.25) is 5.02 Å². The molecule has 1 N–H and O–H groups in total. The second-order valence-electron chi connectivity index (χ2n) is 5.16. The number of nitrogens with one attached hydrogen (secondary N) is 1. The maximum Gasteiger partial charge on any atom is 0.261 e. The molecule has 1 amide bonds. The van der Waals surface area contributed by atoms with E-state index in [-0.39, 0.29) is 22.0 Å². The van der Waals surface area contributed by atoms with E-state index < -0.39 is 20.6 Å². The van der Waals surface area contributed by atoms with E-state index in [2.05, 4.69) is 5.32 Å². The van der Waals surface area contributed by atoms with Crippen molar-refractivity contribution in [3.8, 4) is 0 Å². The molecule has 0 saturated carbocycles. The monoisotopic (exact) mass is 353 g/mol. The van der Waals surface area contributed by atoms with Crippen LogP contribution in [-0.4, -0.2) is 33.6 Å². The number of amides is 1. The van der Waals surface area contributed by atoms with Crippen LogP contribution in [0, 0.1) is 6.92 Å². The minimum absolute atomic E-state index is 0.160. The van der Waals surface area contributed by atoms with Gasteiger partial charge in [-0.2, -0.15) is 0 Å².